The fourth-order valence-corrected chi connectivity index (χ4v) is 2.83. The van der Waals surface area contributed by atoms with Crippen molar-refractivity contribution in [2.75, 3.05) is 26.3 Å². The Morgan fingerprint density at radius 2 is 2.17 bits per heavy atom. The van der Waals surface area contributed by atoms with E-state index in [-0.39, 0.29) is 6.04 Å². The van der Waals surface area contributed by atoms with Crippen LogP contribution in [0.4, 0.5) is 0 Å². The Labute approximate surface area is 138 Å². The van der Waals surface area contributed by atoms with Crippen molar-refractivity contribution in [1.29, 1.82) is 0 Å². The van der Waals surface area contributed by atoms with Gasteiger partial charge in [0.15, 0.2) is 0 Å². The zero-order chi connectivity index (χ0) is 16.2. The van der Waals surface area contributed by atoms with Gasteiger partial charge in [-0.05, 0) is 0 Å². The second-order valence-corrected chi connectivity index (χ2v) is 5.63. The van der Waals surface area contributed by atoms with Crippen molar-refractivity contribution in [2.45, 2.75) is 12.5 Å². The molecule has 1 saturated heterocycles. The van der Waals surface area contributed by atoms with Gasteiger partial charge in [0.1, 0.15) is 12.2 Å². The third-order valence-corrected chi connectivity index (χ3v) is 4.10. The van der Waals surface area contributed by atoms with Crippen LogP contribution in [0.5, 0.6) is 0 Å². The average molecular weight is 326 g/mol. The summed E-state index contributed by atoms with van der Waals surface area (Å²) in [5.41, 5.74) is 0.957. The Bertz CT molecular complexity index is 758. The first-order valence-corrected chi connectivity index (χ1v) is 7.95. The van der Waals surface area contributed by atoms with Gasteiger partial charge in [-0.3, -0.25) is 10.00 Å². The third-order valence-electron chi connectivity index (χ3n) is 4.10. The summed E-state index contributed by atoms with van der Waals surface area (Å²) in [7, 11) is 0. The first kappa shape index (κ1) is 15.0. The lowest BCUT2D eigenvalue weighted by Crippen LogP contribution is -2.41. The zero-order valence-electron chi connectivity index (χ0n) is 13.1. The fraction of sp³-hybridized carbons (Fsp3) is 0.375. The molecule has 0 aliphatic carbocycles. The average Bonchev–Trinajstić information content (AvgIpc) is 3.33. The molecule has 0 amide bonds. The highest BCUT2D eigenvalue weighted by Crippen LogP contribution is 2.21. The number of rotatable bonds is 5. The van der Waals surface area contributed by atoms with Crippen molar-refractivity contribution in [2.24, 2.45) is 0 Å². The van der Waals surface area contributed by atoms with E-state index in [2.05, 4.69) is 30.2 Å². The lowest BCUT2D eigenvalue weighted by molar-refractivity contribution is -0.0117. The third kappa shape index (κ3) is 3.19. The van der Waals surface area contributed by atoms with Crippen molar-refractivity contribution in [3.8, 4) is 11.4 Å². The van der Waals surface area contributed by atoms with Crippen LogP contribution < -0.4 is 0 Å². The van der Waals surface area contributed by atoms with Crippen LogP contribution in [0.3, 0.4) is 0 Å². The second-order valence-electron chi connectivity index (χ2n) is 5.63. The first-order chi connectivity index (χ1) is 11.9. The number of morpholine rings is 1. The van der Waals surface area contributed by atoms with Gasteiger partial charge in [0.25, 0.3) is 0 Å². The molecule has 124 valence electrons. The summed E-state index contributed by atoms with van der Waals surface area (Å²) in [6.45, 7) is 2.95. The highest BCUT2D eigenvalue weighted by atomic mass is 16.5. The molecule has 1 aliphatic rings. The highest BCUT2D eigenvalue weighted by Gasteiger charge is 2.27. The predicted molar refractivity (Wildman–Crippen MR) is 85.0 cm³/mol. The van der Waals surface area contributed by atoms with Crippen molar-refractivity contribution < 1.29 is 9.26 Å². The van der Waals surface area contributed by atoms with E-state index in [4.69, 9.17) is 9.26 Å². The molecule has 8 heteroatoms. The second kappa shape index (κ2) is 6.90. The summed E-state index contributed by atoms with van der Waals surface area (Å²) in [5.74, 6) is 2.08. The van der Waals surface area contributed by atoms with Crippen LogP contribution >= 0.6 is 0 Å². The quantitative estimate of drug-likeness (QED) is 0.759. The van der Waals surface area contributed by atoms with Gasteiger partial charge in [0.2, 0.25) is 11.7 Å². The van der Waals surface area contributed by atoms with Crippen molar-refractivity contribution in [3.63, 3.8) is 0 Å². The Morgan fingerprint density at radius 1 is 1.25 bits per heavy atom. The van der Waals surface area contributed by atoms with Gasteiger partial charge in [0, 0.05) is 25.1 Å². The molecule has 24 heavy (non-hydrogen) atoms. The molecule has 0 unspecified atom stereocenters. The minimum absolute atomic E-state index is 0.0813. The number of hydrogen-bond acceptors (Lipinski definition) is 7. The molecule has 0 saturated carbocycles. The Balaban J connectivity index is 1.42. The monoisotopic (exact) mass is 326 g/mol. The molecule has 2 aromatic heterocycles. The van der Waals surface area contributed by atoms with Crippen LogP contribution in [0.1, 0.15) is 17.8 Å². The largest absolute Gasteiger partial charge is 0.378 e. The standard InChI is InChI=1S/C16H18N6O2/c1-2-4-12(5-3-1)15-19-14(24-21-15)6-7-22-8-9-23-10-13(22)16-17-11-18-20-16/h1-5,11,13H,6-10H2,(H,17,18,20)/t13-/m0/s1. The fourth-order valence-electron chi connectivity index (χ4n) is 2.83. The van der Waals surface area contributed by atoms with E-state index in [9.17, 15) is 0 Å². The van der Waals surface area contributed by atoms with E-state index in [1.54, 1.807) is 0 Å². The molecule has 1 N–H and O–H groups in total. The van der Waals surface area contributed by atoms with Crippen LogP contribution in [-0.2, 0) is 11.2 Å². The number of nitrogens with one attached hydrogen (secondary N) is 1. The first-order valence-electron chi connectivity index (χ1n) is 7.95. The van der Waals surface area contributed by atoms with Gasteiger partial charge in [-0.15, -0.1) is 0 Å². The molecule has 0 spiro atoms. The molecule has 8 nitrogen and oxygen atoms in total. The summed E-state index contributed by atoms with van der Waals surface area (Å²) >= 11 is 0. The number of H-pyrrole nitrogens is 1. The number of ether oxygens (including phenoxy) is 1. The molecule has 0 bridgehead atoms. The van der Waals surface area contributed by atoms with Gasteiger partial charge in [-0.25, -0.2) is 4.98 Å². The highest BCUT2D eigenvalue weighted by molar-refractivity contribution is 5.53. The summed E-state index contributed by atoms with van der Waals surface area (Å²) < 4.78 is 11.0. The predicted octanol–water partition coefficient (Wildman–Crippen LogP) is 1.47. The van der Waals surface area contributed by atoms with Crippen LogP contribution in [0.2, 0.25) is 0 Å². The Morgan fingerprint density at radius 3 is 3.00 bits per heavy atom. The molecule has 3 heterocycles. The number of nitrogens with zero attached hydrogens (tertiary/aromatic N) is 5. The molecule has 3 aromatic rings. The Kier molecular flexibility index (Phi) is 4.30. The maximum Gasteiger partial charge on any atom is 0.228 e. The van der Waals surface area contributed by atoms with Crippen molar-refractivity contribution >= 4 is 0 Å². The molecular formula is C16H18N6O2. The molecule has 0 radical (unpaired) electrons. The number of aromatic amines is 1. The van der Waals surface area contributed by atoms with Crippen LogP contribution in [-0.4, -0.2) is 56.5 Å². The van der Waals surface area contributed by atoms with E-state index in [1.165, 1.54) is 6.33 Å². The van der Waals surface area contributed by atoms with E-state index in [1.807, 2.05) is 30.3 Å². The molecule has 4 rings (SSSR count). The topological polar surface area (TPSA) is 93.0 Å². The lowest BCUT2D eigenvalue weighted by Gasteiger charge is -2.33. The molecule has 1 aromatic carbocycles. The van der Waals surface area contributed by atoms with Gasteiger partial charge < -0.3 is 9.26 Å². The van der Waals surface area contributed by atoms with E-state index >= 15 is 0 Å². The van der Waals surface area contributed by atoms with Crippen molar-refractivity contribution in [1.82, 2.24) is 30.2 Å². The van der Waals surface area contributed by atoms with Crippen LogP contribution in [0.25, 0.3) is 11.4 Å². The summed E-state index contributed by atoms with van der Waals surface area (Å²) in [6.07, 6.45) is 2.21. The summed E-state index contributed by atoms with van der Waals surface area (Å²) in [4.78, 5) is 11.0. The Hall–Kier alpha value is -2.58. The lowest BCUT2D eigenvalue weighted by atomic mass is 10.2. The van der Waals surface area contributed by atoms with Gasteiger partial charge in [-0.1, -0.05) is 35.5 Å². The van der Waals surface area contributed by atoms with Crippen LogP contribution in [0, 0.1) is 0 Å². The maximum atomic E-state index is 5.57. The summed E-state index contributed by atoms with van der Waals surface area (Å²) in [5, 5.41) is 10.9. The normalized spacial score (nSPS) is 18.8. The zero-order valence-corrected chi connectivity index (χ0v) is 13.1. The van der Waals surface area contributed by atoms with Gasteiger partial charge in [0.05, 0.1) is 19.3 Å². The molecule has 1 atom stereocenters. The van der Waals surface area contributed by atoms with Crippen molar-refractivity contribution in [3.05, 3.63) is 48.4 Å². The SMILES string of the molecule is c1ccc(-c2noc(CCN3CCOC[C@H]3c3ncn[nH]3)n2)cc1. The van der Waals surface area contributed by atoms with Crippen LogP contribution in [0.15, 0.2) is 41.2 Å². The molecule has 1 fully saturated rings. The maximum absolute atomic E-state index is 5.57. The number of benzene rings is 1. The van der Waals surface area contributed by atoms with Gasteiger partial charge in [-0.2, -0.15) is 10.1 Å². The summed E-state index contributed by atoms with van der Waals surface area (Å²) in [6, 6.07) is 9.90. The smallest absolute Gasteiger partial charge is 0.228 e. The van der Waals surface area contributed by atoms with E-state index in [0.717, 1.165) is 24.5 Å². The molecule has 1 aliphatic heterocycles. The number of aromatic nitrogens is 5. The molecular weight excluding hydrogens is 308 g/mol. The van der Waals surface area contributed by atoms with E-state index in [0.29, 0.717) is 31.3 Å². The van der Waals surface area contributed by atoms with E-state index < -0.39 is 0 Å². The van der Waals surface area contributed by atoms with Gasteiger partial charge >= 0.3 is 0 Å². The minimum atomic E-state index is 0.0813. The number of hydrogen-bond donors (Lipinski definition) is 1. The minimum Gasteiger partial charge on any atom is -0.378 e.